The van der Waals surface area contributed by atoms with Gasteiger partial charge < -0.3 is 15.6 Å². The molecule has 0 saturated heterocycles. The number of nitrogens with one attached hydrogen (secondary N) is 1. The number of nitrogen functional groups attached to an aromatic ring is 1. The maximum Gasteiger partial charge on any atom is 0.258 e. The van der Waals surface area contributed by atoms with Crippen LogP contribution in [0.4, 0.5) is 11.9 Å². The predicted molar refractivity (Wildman–Crippen MR) is 67.7 cm³/mol. The van der Waals surface area contributed by atoms with Gasteiger partial charge in [0.1, 0.15) is 12.7 Å². The van der Waals surface area contributed by atoms with Gasteiger partial charge >= 0.3 is 0 Å². The minimum absolute atomic E-state index is 0.0850. The van der Waals surface area contributed by atoms with Crippen LogP contribution in [-0.2, 0) is 6.54 Å². The van der Waals surface area contributed by atoms with E-state index in [1.807, 2.05) is 13.0 Å². The molecule has 0 fully saturated rings. The second-order valence-electron chi connectivity index (χ2n) is 3.95. The number of anilines is 2. The molecule has 0 aliphatic rings. The molecule has 0 atom stereocenters. The third-order valence-electron chi connectivity index (χ3n) is 2.36. The van der Waals surface area contributed by atoms with E-state index in [9.17, 15) is 0 Å². The molecular formula is C10H11N9O. The zero-order valence-corrected chi connectivity index (χ0v) is 10.6. The zero-order valence-electron chi connectivity index (χ0n) is 10.6. The van der Waals surface area contributed by atoms with Gasteiger partial charge in [0, 0.05) is 6.07 Å². The lowest BCUT2D eigenvalue weighted by Crippen LogP contribution is -2.11. The van der Waals surface area contributed by atoms with Crippen molar-refractivity contribution in [2.75, 3.05) is 11.1 Å². The summed E-state index contributed by atoms with van der Waals surface area (Å²) in [5.41, 5.74) is 6.44. The van der Waals surface area contributed by atoms with Crippen molar-refractivity contribution in [1.82, 2.24) is 34.9 Å². The molecule has 0 aliphatic heterocycles. The molecule has 3 rings (SSSR count). The Morgan fingerprint density at radius 2 is 2.25 bits per heavy atom. The van der Waals surface area contributed by atoms with Crippen molar-refractivity contribution in [3.8, 4) is 5.95 Å². The number of aromatic nitrogens is 7. The van der Waals surface area contributed by atoms with Gasteiger partial charge in [0.15, 0.2) is 5.76 Å². The van der Waals surface area contributed by atoms with Crippen LogP contribution in [0.15, 0.2) is 23.2 Å². The second-order valence-corrected chi connectivity index (χ2v) is 3.95. The fourth-order valence-electron chi connectivity index (χ4n) is 1.54. The smallest absolute Gasteiger partial charge is 0.258 e. The Bertz CT molecular complexity index is 705. The summed E-state index contributed by atoms with van der Waals surface area (Å²) >= 11 is 0. The standard InChI is InChI=1S/C10H11N9O/c1-6-2-7(20-18-6)3-13-9-15-8(11)16-10(17-9)19-5-12-4-14-19/h2,4-5H,3H2,1H3,(H3,11,13,15,16,17). The highest BCUT2D eigenvalue weighted by atomic mass is 16.5. The minimum atomic E-state index is 0.0850. The van der Waals surface area contributed by atoms with Gasteiger partial charge in [-0.25, -0.2) is 4.98 Å². The van der Waals surface area contributed by atoms with Crippen LogP contribution in [0, 0.1) is 6.92 Å². The van der Waals surface area contributed by atoms with Crippen LogP contribution in [0.1, 0.15) is 11.5 Å². The number of aryl methyl sites for hydroxylation is 1. The van der Waals surface area contributed by atoms with Crippen LogP contribution >= 0.6 is 0 Å². The van der Waals surface area contributed by atoms with Gasteiger partial charge in [0.25, 0.3) is 5.95 Å². The average molecular weight is 273 g/mol. The first kappa shape index (κ1) is 12.0. The Morgan fingerprint density at radius 1 is 1.35 bits per heavy atom. The van der Waals surface area contributed by atoms with Gasteiger partial charge in [-0.2, -0.15) is 24.7 Å². The molecule has 0 unspecified atom stereocenters. The van der Waals surface area contributed by atoms with E-state index in [1.54, 1.807) is 0 Å². The van der Waals surface area contributed by atoms with E-state index in [4.69, 9.17) is 10.3 Å². The van der Waals surface area contributed by atoms with Crippen LogP contribution in [-0.4, -0.2) is 34.9 Å². The van der Waals surface area contributed by atoms with E-state index in [1.165, 1.54) is 17.3 Å². The van der Waals surface area contributed by atoms with Gasteiger partial charge in [-0.1, -0.05) is 5.16 Å². The topological polar surface area (TPSA) is 133 Å². The van der Waals surface area contributed by atoms with Crippen molar-refractivity contribution in [1.29, 1.82) is 0 Å². The highest BCUT2D eigenvalue weighted by molar-refractivity contribution is 5.34. The van der Waals surface area contributed by atoms with Crippen LogP contribution in [0.25, 0.3) is 5.95 Å². The molecule has 20 heavy (non-hydrogen) atoms. The summed E-state index contributed by atoms with van der Waals surface area (Å²) in [6.07, 6.45) is 2.85. The van der Waals surface area contributed by atoms with E-state index in [0.717, 1.165) is 5.69 Å². The molecule has 3 N–H and O–H groups in total. The molecule has 0 amide bonds. The average Bonchev–Trinajstić information content (AvgIpc) is 3.07. The number of nitrogens with two attached hydrogens (primary N) is 1. The van der Waals surface area contributed by atoms with E-state index in [0.29, 0.717) is 18.3 Å². The molecule has 102 valence electrons. The van der Waals surface area contributed by atoms with Crippen molar-refractivity contribution in [2.45, 2.75) is 13.5 Å². The number of nitrogens with zero attached hydrogens (tertiary/aromatic N) is 7. The Hall–Kier alpha value is -3.04. The van der Waals surface area contributed by atoms with Crippen molar-refractivity contribution in [2.24, 2.45) is 0 Å². The highest BCUT2D eigenvalue weighted by Gasteiger charge is 2.08. The van der Waals surface area contributed by atoms with Gasteiger partial charge in [0.05, 0.1) is 12.2 Å². The highest BCUT2D eigenvalue weighted by Crippen LogP contribution is 2.08. The molecular weight excluding hydrogens is 262 g/mol. The third-order valence-corrected chi connectivity index (χ3v) is 2.36. The first-order valence-corrected chi connectivity index (χ1v) is 5.73. The fourth-order valence-corrected chi connectivity index (χ4v) is 1.54. The van der Waals surface area contributed by atoms with E-state index < -0.39 is 0 Å². The number of hydrogen-bond acceptors (Lipinski definition) is 9. The third kappa shape index (κ3) is 2.53. The summed E-state index contributed by atoms with van der Waals surface area (Å²) in [5, 5.41) is 10.7. The zero-order chi connectivity index (χ0) is 13.9. The van der Waals surface area contributed by atoms with E-state index in [2.05, 4.69) is 35.5 Å². The molecule has 0 radical (unpaired) electrons. The lowest BCUT2D eigenvalue weighted by Gasteiger charge is -2.05. The van der Waals surface area contributed by atoms with E-state index >= 15 is 0 Å². The monoisotopic (exact) mass is 273 g/mol. The molecule has 0 saturated carbocycles. The summed E-state index contributed by atoms with van der Waals surface area (Å²) in [7, 11) is 0. The summed E-state index contributed by atoms with van der Waals surface area (Å²) < 4.78 is 6.47. The van der Waals surface area contributed by atoms with Crippen LogP contribution < -0.4 is 11.1 Å². The molecule has 3 aromatic rings. The molecule has 0 spiro atoms. The maximum absolute atomic E-state index is 5.64. The van der Waals surface area contributed by atoms with Crippen molar-refractivity contribution in [3.05, 3.63) is 30.2 Å². The summed E-state index contributed by atoms with van der Waals surface area (Å²) in [4.78, 5) is 16.0. The molecule has 0 bridgehead atoms. The van der Waals surface area contributed by atoms with E-state index in [-0.39, 0.29) is 11.9 Å². The Balaban J connectivity index is 1.79. The second kappa shape index (κ2) is 4.91. The van der Waals surface area contributed by atoms with Crippen LogP contribution in [0.2, 0.25) is 0 Å². The lowest BCUT2D eigenvalue weighted by atomic mass is 10.4. The Labute approximate surface area is 113 Å². The van der Waals surface area contributed by atoms with Gasteiger partial charge in [-0.3, -0.25) is 0 Å². The molecule has 0 aromatic carbocycles. The number of rotatable bonds is 4. The number of hydrogen-bond donors (Lipinski definition) is 2. The normalized spacial score (nSPS) is 10.7. The molecule has 0 aliphatic carbocycles. The lowest BCUT2D eigenvalue weighted by molar-refractivity contribution is 0.384. The SMILES string of the molecule is Cc1cc(CNc2nc(N)nc(-n3cncn3)n2)on1. The molecule has 3 heterocycles. The van der Waals surface area contributed by atoms with Crippen LogP contribution in [0.3, 0.4) is 0 Å². The predicted octanol–water partition coefficient (Wildman–Crippen LogP) is -0.0570. The Morgan fingerprint density at radius 3 is 2.95 bits per heavy atom. The fraction of sp³-hybridized carbons (Fsp3) is 0.200. The molecule has 10 nitrogen and oxygen atoms in total. The van der Waals surface area contributed by atoms with Gasteiger partial charge in [0.2, 0.25) is 11.9 Å². The van der Waals surface area contributed by atoms with Crippen molar-refractivity contribution < 1.29 is 4.52 Å². The maximum atomic E-state index is 5.64. The Kier molecular flexibility index (Phi) is 2.95. The van der Waals surface area contributed by atoms with Crippen molar-refractivity contribution >= 4 is 11.9 Å². The van der Waals surface area contributed by atoms with Gasteiger partial charge in [-0.05, 0) is 6.92 Å². The quantitative estimate of drug-likeness (QED) is 0.670. The first-order valence-electron chi connectivity index (χ1n) is 5.73. The summed E-state index contributed by atoms with van der Waals surface area (Å²) in [5.74, 6) is 1.36. The molecule has 10 heteroatoms. The van der Waals surface area contributed by atoms with Gasteiger partial charge in [-0.15, -0.1) is 0 Å². The largest absolute Gasteiger partial charge is 0.368 e. The van der Waals surface area contributed by atoms with Crippen molar-refractivity contribution in [3.63, 3.8) is 0 Å². The first-order chi connectivity index (χ1) is 9.70. The summed E-state index contributed by atoms with van der Waals surface area (Å²) in [6, 6.07) is 1.82. The summed E-state index contributed by atoms with van der Waals surface area (Å²) in [6.45, 7) is 2.23. The van der Waals surface area contributed by atoms with Crippen LogP contribution in [0.5, 0.6) is 0 Å². The minimum Gasteiger partial charge on any atom is -0.368 e. The molecule has 3 aromatic heterocycles.